The fourth-order valence-corrected chi connectivity index (χ4v) is 5.71. The first-order valence-corrected chi connectivity index (χ1v) is 13.6. The van der Waals surface area contributed by atoms with Gasteiger partial charge in [0.25, 0.3) is 0 Å². The fourth-order valence-electron chi connectivity index (χ4n) is 5.71. The van der Waals surface area contributed by atoms with Crippen molar-refractivity contribution in [2.24, 2.45) is 23.7 Å². The van der Waals surface area contributed by atoms with Crippen molar-refractivity contribution in [1.82, 2.24) is 0 Å². The van der Waals surface area contributed by atoms with Gasteiger partial charge in [0.05, 0.1) is 5.92 Å². The number of alkyl halides is 5. The van der Waals surface area contributed by atoms with E-state index in [1.807, 2.05) is 0 Å². The smallest absolute Gasteiger partial charge is 0.432 e. The van der Waals surface area contributed by atoms with Crippen LogP contribution in [0.15, 0.2) is 42.5 Å². The van der Waals surface area contributed by atoms with Gasteiger partial charge in [-0.25, -0.2) is 13.2 Å². The van der Waals surface area contributed by atoms with Crippen LogP contribution in [0.3, 0.4) is 0 Å². The van der Waals surface area contributed by atoms with Gasteiger partial charge in [0.1, 0.15) is 11.6 Å². The number of allylic oxidation sites excluding steroid dienone is 2. The molecule has 2 fully saturated rings. The lowest BCUT2D eigenvalue weighted by atomic mass is 9.78. The maximum Gasteiger partial charge on any atom is 0.573 e. The quantitative estimate of drug-likeness (QED) is 0.230. The molecule has 2 aliphatic carbocycles. The summed E-state index contributed by atoms with van der Waals surface area (Å²) in [5.74, 6) is -6.15. The zero-order valence-electron chi connectivity index (χ0n) is 22.1. The largest absolute Gasteiger partial charge is 0.573 e. The lowest BCUT2D eigenvalue weighted by Crippen LogP contribution is -2.37. The first-order valence-electron chi connectivity index (χ1n) is 13.6. The van der Waals surface area contributed by atoms with Crippen molar-refractivity contribution in [2.75, 3.05) is 0 Å². The second-order valence-corrected chi connectivity index (χ2v) is 10.8. The number of benzene rings is 2. The van der Waals surface area contributed by atoms with E-state index >= 15 is 0 Å². The molecule has 0 heterocycles. The Bertz CT molecular complexity index is 1150. The highest BCUT2D eigenvalue weighted by Gasteiger charge is 2.44. The Morgan fingerprint density at radius 2 is 1.27 bits per heavy atom. The van der Waals surface area contributed by atoms with Gasteiger partial charge >= 0.3 is 12.5 Å². The van der Waals surface area contributed by atoms with E-state index in [1.54, 1.807) is 0 Å². The average molecular weight is 577 g/mol. The van der Waals surface area contributed by atoms with Gasteiger partial charge in [-0.05, 0) is 98.9 Å². The molecule has 40 heavy (non-hydrogen) atoms. The molecule has 0 atom stereocenters. The fraction of sp³-hybridized carbons (Fsp3) is 0.533. The van der Waals surface area contributed by atoms with Crippen molar-refractivity contribution in [3.05, 3.63) is 59.9 Å². The van der Waals surface area contributed by atoms with Crippen LogP contribution in [0.4, 0.5) is 35.1 Å². The Balaban J connectivity index is 1.35. The summed E-state index contributed by atoms with van der Waals surface area (Å²) in [5, 5.41) is 0. The van der Waals surface area contributed by atoms with E-state index in [2.05, 4.69) is 23.8 Å². The predicted molar refractivity (Wildman–Crippen MR) is 134 cm³/mol. The molecule has 0 spiro atoms. The van der Waals surface area contributed by atoms with Crippen molar-refractivity contribution < 1.29 is 44.6 Å². The Hall–Kier alpha value is -2.78. The van der Waals surface area contributed by atoms with Crippen LogP contribution < -0.4 is 9.47 Å². The van der Waals surface area contributed by atoms with Crippen LogP contribution in [-0.4, -0.2) is 12.5 Å². The minimum Gasteiger partial charge on any atom is -0.432 e. The number of hydrogen-bond donors (Lipinski definition) is 0. The van der Waals surface area contributed by atoms with Gasteiger partial charge in [-0.2, -0.15) is 8.78 Å². The van der Waals surface area contributed by atoms with Crippen LogP contribution in [0.5, 0.6) is 11.5 Å². The molecule has 0 radical (unpaired) electrons. The first kappa shape index (κ1) is 30.2. The van der Waals surface area contributed by atoms with Crippen molar-refractivity contribution >= 4 is 0 Å². The van der Waals surface area contributed by atoms with E-state index in [4.69, 9.17) is 4.74 Å². The maximum absolute atomic E-state index is 14.9. The third-order valence-corrected chi connectivity index (χ3v) is 8.09. The topological polar surface area (TPSA) is 18.5 Å². The van der Waals surface area contributed by atoms with Gasteiger partial charge in [-0.3, -0.25) is 0 Å². The van der Waals surface area contributed by atoms with E-state index in [1.165, 1.54) is 32.1 Å². The van der Waals surface area contributed by atoms with Gasteiger partial charge in [0.2, 0.25) is 5.75 Å². The molecule has 10 heteroatoms. The highest BCUT2D eigenvalue weighted by molar-refractivity contribution is 5.66. The summed E-state index contributed by atoms with van der Waals surface area (Å²) in [6.45, 7) is 2.22. The number of hydrogen-bond acceptors (Lipinski definition) is 2. The summed E-state index contributed by atoms with van der Waals surface area (Å²) in [6, 6.07) is 3.56. The third-order valence-electron chi connectivity index (χ3n) is 8.09. The highest BCUT2D eigenvalue weighted by Crippen LogP contribution is 2.42. The van der Waals surface area contributed by atoms with Gasteiger partial charge in [-0.1, -0.05) is 25.5 Å². The van der Waals surface area contributed by atoms with Gasteiger partial charge in [-0.15, -0.1) is 13.2 Å². The van der Waals surface area contributed by atoms with Crippen LogP contribution >= 0.6 is 0 Å². The normalized spacial score (nSPS) is 24.3. The summed E-state index contributed by atoms with van der Waals surface area (Å²) in [6.07, 6.45) is 3.26. The standard InChI is InChI=1S/C30H32F8O2/c1-2-18-3-5-19(6-4-18)7-8-20-9-11-22(12-10-20)29(34,35)39-23-13-14-24(25(31)17-23)21-15-26(32)28(27(33)16-21)40-30(36,37)38/h7-8,13-20,22H,2-6,9-12H2,1H3/b8-7+. The molecule has 2 aliphatic rings. The third kappa shape index (κ3) is 7.69. The van der Waals surface area contributed by atoms with Crippen LogP contribution in [0.2, 0.25) is 0 Å². The molecule has 220 valence electrons. The molecule has 0 saturated heterocycles. The second-order valence-electron chi connectivity index (χ2n) is 10.8. The monoisotopic (exact) mass is 576 g/mol. The minimum atomic E-state index is -5.33. The molecular formula is C30H32F8O2. The summed E-state index contributed by atoms with van der Waals surface area (Å²) in [4.78, 5) is 0. The van der Waals surface area contributed by atoms with Gasteiger partial charge in [0, 0.05) is 11.6 Å². The highest BCUT2D eigenvalue weighted by atomic mass is 19.4. The molecule has 0 unspecified atom stereocenters. The molecule has 0 amide bonds. The summed E-state index contributed by atoms with van der Waals surface area (Å²) in [7, 11) is 0. The summed E-state index contributed by atoms with van der Waals surface area (Å²) < 4.78 is 118. The second kappa shape index (κ2) is 12.4. The van der Waals surface area contributed by atoms with Gasteiger partial charge in [0.15, 0.2) is 11.6 Å². The predicted octanol–water partition coefficient (Wildman–Crippen LogP) is 10.2. The van der Waals surface area contributed by atoms with Crippen LogP contribution in [-0.2, 0) is 0 Å². The Labute approximate surface area is 228 Å². The first-order chi connectivity index (χ1) is 18.8. The molecule has 4 rings (SSSR count). The zero-order chi connectivity index (χ0) is 29.1. The lowest BCUT2D eigenvalue weighted by Gasteiger charge is -2.32. The van der Waals surface area contributed by atoms with Crippen LogP contribution in [0.25, 0.3) is 11.1 Å². The number of rotatable bonds is 8. The summed E-state index contributed by atoms with van der Waals surface area (Å²) in [5.41, 5.74) is -0.854. The minimum absolute atomic E-state index is 0.237. The Kier molecular flexibility index (Phi) is 9.35. The van der Waals surface area contributed by atoms with Crippen molar-refractivity contribution in [2.45, 2.75) is 77.2 Å². The molecular weight excluding hydrogens is 544 g/mol. The van der Waals surface area contributed by atoms with E-state index in [-0.39, 0.29) is 18.8 Å². The maximum atomic E-state index is 14.9. The van der Waals surface area contributed by atoms with Crippen LogP contribution in [0, 0.1) is 41.1 Å². The Morgan fingerprint density at radius 1 is 0.725 bits per heavy atom. The Morgan fingerprint density at radius 3 is 1.77 bits per heavy atom. The van der Waals surface area contributed by atoms with Crippen molar-refractivity contribution in [3.8, 4) is 22.6 Å². The van der Waals surface area contributed by atoms with E-state index in [0.717, 1.165) is 18.1 Å². The molecule has 2 aromatic rings. The van der Waals surface area contributed by atoms with Gasteiger partial charge < -0.3 is 9.47 Å². The van der Waals surface area contributed by atoms with Crippen molar-refractivity contribution in [1.29, 1.82) is 0 Å². The number of halogens is 8. The SMILES string of the molecule is CCC1CCC(/C=C/C2CCC(C(F)(F)Oc3ccc(-c4cc(F)c(OC(F)(F)F)c(F)c4)c(F)c3)CC2)CC1. The van der Waals surface area contributed by atoms with E-state index in [0.29, 0.717) is 37.0 Å². The van der Waals surface area contributed by atoms with Crippen molar-refractivity contribution in [3.63, 3.8) is 0 Å². The summed E-state index contributed by atoms with van der Waals surface area (Å²) >= 11 is 0. The molecule has 2 aromatic carbocycles. The molecule has 2 saturated carbocycles. The lowest BCUT2D eigenvalue weighted by molar-refractivity contribution is -0.276. The van der Waals surface area contributed by atoms with E-state index in [9.17, 15) is 35.1 Å². The zero-order valence-corrected chi connectivity index (χ0v) is 22.1. The molecule has 0 aliphatic heterocycles. The molecule has 0 aromatic heterocycles. The average Bonchev–Trinajstić information content (AvgIpc) is 2.89. The molecule has 0 bridgehead atoms. The van der Waals surface area contributed by atoms with E-state index < -0.39 is 58.5 Å². The molecule has 2 nitrogen and oxygen atoms in total. The molecule has 0 N–H and O–H groups in total. The number of ether oxygens (including phenoxy) is 2. The van der Waals surface area contributed by atoms with Crippen LogP contribution in [0.1, 0.15) is 64.7 Å².